The Morgan fingerprint density at radius 3 is 2.10 bits per heavy atom. The summed E-state index contributed by atoms with van der Waals surface area (Å²) in [6.07, 6.45) is -1.39. The van der Waals surface area contributed by atoms with Crippen LogP contribution in [0.1, 0.15) is 15.9 Å². The Labute approximate surface area is 117 Å². The number of carbonyl (C=O) groups is 2. The summed E-state index contributed by atoms with van der Waals surface area (Å²) in [6, 6.07) is 17.5. The fourth-order valence-electron chi connectivity index (χ4n) is 1.81. The van der Waals surface area contributed by atoms with Crippen LogP contribution in [0.4, 0.5) is 0 Å². The topological polar surface area (TPSA) is 66.4 Å². The largest absolute Gasteiger partial charge is 0.367 e. The minimum atomic E-state index is -1.52. The first kappa shape index (κ1) is 14.0. The first-order valence-electron chi connectivity index (χ1n) is 6.27. The van der Waals surface area contributed by atoms with Gasteiger partial charge in [-0.05, 0) is 5.56 Å². The lowest BCUT2D eigenvalue weighted by Gasteiger charge is -2.12. The Bertz CT molecular complexity index is 581. The number of carbonyl (C=O) groups excluding carboxylic acids is 2. The normalized spacial score (nSPS) is 11.7. The van der Waals surface area contributed by atoms with Crippen molar-refractivity contribution in [2.24, 2.45) is 0 Å². The van der Waals surface area contributed by atoms with Crippen molar-refractivity contribution in [2.45, 2.75) is 12.6 Å². The van der Waals surface area contributed by atoms with Crippen molar-refractivity contribution in [1.29, 1.82) is 0 Å². The van der Waals surface area contributed by atoms with Crippen molar-refractivity contribution >= 4 is 11.7 Å². The second-order valence-electron chi connectivity index (χ2n) is 4.36. The van der Waals surface area contributed by atoms with Gasteiger partial charge in [0.1, 0.15) is 0 Å². The molecule has 0 radical (unpaired) electrons. The number of hydrogen-bond acceptors (Lipinski definition) is 3. The van der Waals surface area contributed by atoms with Gasteiger partial charge in [-0.15, -0.1) is 0 Å². The molecule has 1 atom stereocenters. The van der Waals surface area contributed by atoms with Gasteiger partial charge in [-0.2, -0.15) is 0 Å². The summed E-state index contributed by atoms with van der Waals surface area (Å²) < 4.78 is 0. The lowest BCUT2D eigenvalue weighted by Crippen LogP contribution is -2.41. The summed E-state index contributed by atoms with van der Waals surface area (Å²) in [5, 5.41) is 12.0. The van der Waals surface area contributed by atoms with E-state index in [0.717, 1.165) is 5.56 Å². The lowest BCUT2D eigenvalue weighted by atomic mass is 10.1. The standard InChI is InChI=1S/C16H15NO3/c18-14(11-12-7-3-1-4-8-12)17-16(20)15(19)13-9-5-2-6-10-13/h1-10,16,20H,11H2,(H,17,18)/t16-/m1/s1. The smallest absolute Gasteiger partial charge is 0.226 e. The van der Waals surface area contributed by atoms with Gasteiger partial charge in [0.2, 0.25) is 11.7 Å². The van der Waals surface area contributed by atoms with Crippen LogP contribution >= 0.6 is 0 Å². The van der Waals surface area contributed by atoms with E-state index < -0.39 is 17.9 Å². The van der Waals surface area contributed by atoms with E-state index in [1.54, 1.807) is 30.3 Å². The summed E-state index contributed by atoms with van der Waals surface area (Å²) in [5.41, 5.74) is 1.18. The zero-order valence-electron chi connectivity index (χ0n) is 10.8. The van der Waals surface area contributed by atoms with Crippen molar-refractivity contribution < 1.29 is 14.7 Å². The highest BCUT2D eigenvalue weighted by Gasteiger charge is 2.18. The Morgan fingerprint density at radius 1 is 0.950 bits per heavy atom. The number of benzene rings is 2. The molecule has 2 aromatic rings. The first-order valence-corrected chi connectivity index (χ1v) is 6.27. The number of nitrogens with one attached hydrogen (secondary N) is 1. The van der Waals surface area contributed by atoms with Crippen molar-refractivity contribution in [3.05, 3.63) is 71.8 Å². The first-order chi connectivity index (χ1) is 9.66. The fourth-order valence-corrected chi connectivity index (χ4v) is 1.81. The fraction of sp³-hybridized carbons (Fsp3) is 0.125. The molecule has 0 fully saturated rings. The zero-order valence-corrected chi connectivity index (χ0v) is 10.8. The summed E-state index contributed by atoms with van der Waals surface area (Å²) in [4.78, 5) is 23.6. The number of Topliss-reactive ketones (excluding diaryl/α,β-unsaturated/α-hetero) is 1. The molecule has 1 amide bonds. The third-order valence-electron chi connectivity index (χ3n) is 2.81. The molecule has 4 heteroatoms. The molecule has 0 heterocycles. The minimum Gasteiger partial charge on any atom is -0.367 e. The minimum absolute atomic E-state index is 0.125. The van der Waals surface area contributed by atoms with E-state index in [-0.39, 0.29) is 6.42 Å². The van der Waals surface area contributed by atoms with Gasteiger partial charge < -0.3 is 10.4 Å². The highest BCUT2D eigenvalue weighted by atomic mass is 16.3. The number of amides is 1. The van der Waals surface area contributed by atoms with Crippen LogP contribution in [-0.2, 0) is 11.2 Å². The zero-order chi connectivity index (χ0) is 14.4. The molecule has 0 saturated carbocycles. The van der Waals surface area contributed by atoms with Gasteiger partial charge in [0.05, 0.1) is 6.42 Å². The summed E-state index contributed by atoms with van der Waals surface area (Å²) in [5.74, 6) is -0.917. The van der Waals surface area contributed by atoms with E-state index in [2.05, 4.69) is 5.32 Å². The van der Waals surface area contributed by atoms with Gasteiger partial charge in [0, 0.05) is 5.56 Å². The van der Waals surface area contributed by atoms with Crippen LogP contribution in [0.5, 0.6) is 0 Å². The second-order valence-corrected chi connectivity index (χ2v) is 4.36. The van der Waals surface area contributed by atoms with Gasteiger partial charge in [-0.3, -0.25) is 9.59 Å². The molecule has 0 unspecified atom stereocenters. The van der Waals surface area contributed by atoms with Crippen molar-refractivity contribution in [3.8, 4) is 0 Å². The predicted molar refractivity (Wildman–Crippen MR) is 75.1 cm³/mol. The van der Waals surface area contributed by atoms with E-state index in [1.807, 2.05) is 30.3 Å². The van der Waals surface area contributed by atoms with Crippen molar-refractivity contribution in [3.63, 3.8) is 0 Å². The molecule has 0 aliphatic carbocycles. The van der Waals surface area contributed by atoms with Crippen LogP contribution in [0.25, 0.3) is 0 Å². The molecule has 20 heavy (non-hydrogen) atoms. The maximum atomic E-state index is 11.9. The van der Waals surface area contributed by atoms with Crippen LogP contribution in [0.2, 0.25) is 0 Å². The average molecular weight is 269 g/mol. The monoisotopic (exact) mass is 269 g/mol. The molecule has 2 aromatic carbocycles. The molecule has 0 aromatic heterocycles. The van der Waals surface area contributed by atoms with E-state index in [1.165, 1.54) is 0 Å². The maximum absolute atomic E-state index is 11.9. The van der Waals surface area contributed by atoms with E-state index in [0.29, 0.717) is 5.56 Å². The highest BCUT2D eigenvalue weighted by molar-refractivity contribution is 6.00. The molecule has 0 aliphatic rings. The van der Waals surface area contributed by atoms with Gasteiger partial charge in [-0.1, -0.05) is 60.7 Å². The van der Waals surface area contributed by atoms with E-state index >= 15 is 0 Å². The Balaban J connectivity index is 1.93. The third-order valence-corrected chi connectivity index (χ3v) is 2.81. The molecule has 0 spiro atoms. The summed E-state index contributed by atoms with van der Waals surface area (Å²) in [7, 11) is 0. The summed E-state index contributed by atoms with van der Waals surface area (Å²) >= 11 is 0. The highest BCUT2D eigenvalue weighted by Crippen LogP contribution is 2.03. The molecule has 102 valence electrons. The van der Waals surface area contributed by atoms with Crippen LogP contribution in [0, 0.1) is 0 Å². The molecular formula is C16H15NO3. The molecular weight excluding hydrogens is 254 g/mol. The van der Waals surface area contributed by atoms with Gasteiger partial charge in [0.15, 0.2) is 6.23 Å². The van der Waals surface area contributed by atoms with Gasteiger partial charge >= 0.3 is 0 Å². The van der Waals surface area contributed by atoms with Crippen molar-refractivity contribution in [2.75, 3.05) is 0 Å². The summed E-state index contributed by atoms with van der Waals surface area (Å²) in [6.45, 7) is 0. The number of ketones is 1. The maximum Gasteiger partial charge on any atom is 0.226 e. The lowest BCUT2D eigenvalue weighted by molar-refractivity contribution is -0.122. The number of aliphatic hydroxyl groups excluding tert-OH is 1. The van der Waals surface area contributed by atoms with E-state index in [4.69, 9.17) is 0 Å². The Hall–Kier alpha value is -2.46. The van der Waals surface area contributed by atoms with Crippen LogP contribution in [0.3, 0.4) is 0 Å². The van der Waals surface area contributed by atoms with Gasteiger partial charge in [-0.25, -0.2) is 0 Å². The number of aliphatic hydroxyl groups is 1. The molecule has 4 nitrogen and oxygen atoms in total. The van der Waals surface area contributed by atoms with Crippen LogP contribution < -0.4 is 5.32 Å². The van der Waals surface area contributed by atoms with Gasteiger partial charge in [0.25, 0.3) is 0 Å². The van der Waals surface area contributed by atoms with E-state index in [9.17, 15) is 14.7 Å². The number of hydrogen-bond donors (Lipinski definition) is 2. The molecule has 0 bridgehead atoms. The quantitative estimate of drug-likeness (QED) is 0.639. The Kier molecular flexibility index (Phi) is 4.63. The predicted octanol–water partition coefficient (Wildman–Crippen LogP) is 1.55. The second kappa shape index (κ2) is 6.63. The Morgan fingerprint density at radius 2 is 1.50 bits per heavy atom. The molecule has 2 rings (SSSR count). The average Bonchev–Trinajstić information content (AvgIpc) is 2.48. The molecule has 0 saturated heterocycles. The van der Waals surface area contributed by atoms with Crippen LogP contribution in [-0.4, -0.2) is 23.0 Å². The SMILES string of the molecule is O=C(Cc1ccccc1)N[C@H](O)C(=O)c1ccccc1. The number of rotatable bonds is 5. The molecule has 0 aliphatic heterocycles. The van der Waals surface area contributed by atoms with Crippen LogP contribution in [0.15, 0.2) is 60.7 Å². The van der Waals surface area contributed by atoms with Crippen molar-refractivity contribution in [1.82, 2.24) is 5.32 Å². The third kappa shape index (κ3) is 3.76. The molecule has 2 N–H and O–H groups in total.